The van der Waals surface area contributed by atoms with Crippen LogP contribution in [-0.2, 0) is 13.0 Å². The van der Waals surface area contributed by atoms with E-state index in [0.717, 1.165) is 34.4 Å². The number of rotatable bonds is 4. The number of nitrogens with zero attached hydrogens (tertiary/aromatic N) is 3. The van der Waals surface area contributed by atoms with E-state index in [4.69, 9.17) is 4.52 Å². The smallest absolute Gasteiger partial charge is 0.155 e. The minimum atomic E-state index is 0.678. The standard InChI is InChI=1S/C12H13N5O/c1-2-11-9(7-18-17-11)4-13-10-3-8-5-15-16-12(8)14-6-10/h3,5-7,13H,2,4H2,1H3,(H,14,15,16). The van der Waals surface area contributed by atoms with Crippen LogP contribution < -0.4 is 5.32 Å². The third-order valence-corrected chi connectivity index (χ3v) is 2.84. The number of H-pyrrole nitrogens is 1. The predicted molar refractivity (Wildman–Crippen MR) is 67.1 cm³/mol. The topological polar surface area (TPSA) is 79.6 Å². The summed E-state index contributed by atoms with van der Waals surface area (Å²) in [5, 5.41) is 15.0. The fourth-order valence-electron chi connectivity index (χ4n) is 1.85. The molecule has 0 bridgehead atoms. The van der Waals surface area contributed by atoms with Crippen LogP contribution in [0.2, 0.25) is 0 Å². The van der Waals surface area contributed by atoms with Gasteiger partial charge >= 0.3 is 0 Å². The molecule has 3 heterocycles. The average molecular weight is 243 g/mol. The number of hydrogen-bond acceptors (Lipinski definition) is 5. The maximum Gasteiger partial charge on any atom is 0.155 e. The van der Waals surface area contributed by atoms with E-state index in [9.17, 15) is 0 Å². The zero-order chi connectivity index (χ0) is 12.4. The molecule has 2 N–H and O–H groups in total. The van der Waals surface area contributed by atoms with Gasteiger partial charge in [0.25, 0.3) is 0 Å². The molecule has 0 aliphatic carbocycles. The molecule has 0 saturated heterocycles. The van der Waals surface area contributed by atoms with Crippen molar-refractivity contribution < 1.29 is 4.52 Å². The molecule has 0 fully saturated rings. The molecule has 0 aliphatic rings. The molecule has 3 aromatic heterocycles. The van der Waals surface area contributed by atoms with Gasteiger partial charge < -0.3 is 9.84 Å². The molecule has 0 aromatic carbocycles. The van der Waals surface area contributed by atoms with E-state index < -0.39 is 0 Å². The third-order valence-electron chi connectivity index (χ3n) is 2.84. The highest BCUT2D eigenvalue weighted by Gasteiger charge is 2.05. The predicted octanol–water partition coefficient (Wildman–Crippen LogP) is 2.12. The Morgan fingerprint density at radius 1 is 1.39 bits per heavy atom. The summed E-state index contributed by atoms with van der Waals surface area (Å²) in [5.41, 5.74) is 3.80. The molecular weight excluding hydrogens is 230 g/mol. The normalized spacial score (nSPS) is 10.9. The molecule has 92 valence electrons. The SMILES string of the molecule is CCc1nocc1CNc1cnc2[nH]ncc2c1. The Kier molecular flexibility index (Phi) is 2.68. The number of anilines is 1. The summed E-state index contributed by atoms with van der Waals surface area (Å²) in [6, 6.07) is 2.00. The fraction of sp³-hybridized carbons (Fsp3) is 0.250. The second kappa shape index (κ2) is 4.48. The van der Waals surface area contributed by atoms with Crippen molar-refractivity contribution in [2.24, 2.45) is 0 Å². The minimum absolute atomic E-state index is 0.678. The lowest BCUT2D eigenvalue weighted by molar-refractivity contribution is 0.412. The van der Waals surface area contributed by atoms with E-state index in [1.165, 1.54) is 0 Å². The van der Waals surface area contributed by atoms with Gasteiger partial charge in [-0.2, -0.15) is 5.10 Å². The van der Waals surface area contributed by atoms with Crippen LogP contribution in [-0.4, -0.2) is 20.3 Å². The number of pyridine rings is 1. The number of nitrogens with one attached hydrogen (secondary N) is 2. The summed E-state index contributed by atoms with van der Waals surface area (Å²) in [5.74, 6) is 0. The Balaban J connectivity index is 1.76. The summed E-state index contributed by atoms with van der Waals surface area (Å²) in [4.78, 5) is 4.26. The number of fused-ring (bicyclic) bond motifs is 1. The van der Waals surface area contributed by atoms with E-state index in [2.05, 4.69) is 32.6 Å². The highest BCUT2D eigenvalue weighted by molar-refractivity contribution is 5.77. The number of hydrogen-bond donors (Lipinski definition) is 2. The van der Waals surface area contributed by atoms with Crippen molar-refractivity contribution in [2.75, 3.05) is 5.32 Å². The lowest BCUT2D eigenvalue weighted by Crippen LogP contribution is -2.01. The van der Waals surface area contributed by atoms with E-state index in [-0.39, 0.29) is 0 Å². The molecule has 0 amide bonds. The molecular formula is C12H13N5O. The van der Waals surface area contributed by atoms with Crippen LogP contribution in [0.15, 0.2) is 29.2 Å². The summed E-state index contributed by atoms with van der Waals surface area (Å²) in [6.45, 7) is 2.73. The van der Waals surface area contributed by atoms with E-state index in [0.29, 0.717) is 6.54 Å². The summed E-state index contributed by atoms with van der Waals surface area (Å²) in [6.07, 6.45) is 6.08. The molecule has 0 radical (unpaired) electrons. The van der Waals surface area contributed by atoms with Crippen molar-refractivity contribution in [3.63, 3.8) is 0 Å². The van der Waals surface area contributed by atoms with E-state index in [1.54, 1.807) is 18.7 Å². The first kappa shape index (κ1) is 10.8. The molecule has 6 heteroatoms. The Morgan fingerprint density at radius 3 is 3.22 bits per heavy atom. The maximum atomic E-state index is 4.96. The van der Waals surface area contributed by atoms with Crippen molar-refractivity contribution in [3.05, 3.63) is 36.0 Å². The van der Waals surface area contributed by atoms with Gasteiger partial charge in [0.15, 0.2) is 5.65 Å². The molecule has 3 rings (SSSR count). The van der Waals surface area contributed by atoms with Gasteiger partial charge in [0, 0.05) is 17.5 Å². The number of aryl methyl sites for hydroxylation is 1. The molecule has 6 nitrogen and oxygen atoms in total. The van der Waals surface area contributed by atoms with Gasteiger partial charge in [-0.05, 0) is 12.5 Å². The molecule has 0 atom stereocenters. The summed E-state index contributed by atoms with van der Waals surface area (Å²) >= 11 is 0. The van der Waals surface area contributed by atoms with Crippen molar-refractivity contribution >= 4 is 16.7 Å². The van der Waals surface area contributed by atoms with Crippen LogP contribution in [0.3, 0.4) is 0 Å². The Hall–Kier alpha value is -2.37. The molecule has 0 aliphatic heterocycles. The largest absolute Gasteiger partial charge is 0.380 e. The second-order valence-electron chi connectivity index (χ2n) is 4.03. The Morgan fingerprint density at radius 2 is 2.33 bits per heavy atom. The third kappa shape index (κ3) is 1.92. The lowest BCUT2D eigenvalue weighted by atomic mass is 10.2. The number of aromatic nitrogens is 4. The van der Waals surface area contributed by atoms with Gasteiger partial charge in [-0.1, -0.05) is 12.1 Å². The van der Waals surface area contributed by atoms with Gasteiger partial charge in [-0.25, -0.2) is 4.98 Å². The van der Waals surface area contributed by atoms with Gasteiger partial charge in [0.05, 0.1) is 23.8 Å². The van der Waals surface area contributed by atoms with Crippen molar-refractivity contribution in [1.82, 2.24) is 20.3 Å². The van der Waals surface area contributed by atoms with Gasteiger partial charge in [-0.15, -0.1) is 0 Å². The fourth-order valence-corrected chi connectivity index (χ4v) is 1.85. The van der Waals surface area contributed by atoms with Crippen molar-refractivity contribution in [3.8, 4) is 0 Å². The van der Waals surface area contributed by atoms with Crippen molar-refractivity contribution in [2.45, 2.75) is 19.9 Å². The van der Waals surface area contributed by atoms with Gasteiger partial charge in [0.2, 0.25) is 0 Å². The van der Waals surface area contributed by atoms with Crippen LogP contribution >= 0.6 is 0 Å². The highest BCUT2D eigenvalue weighted by Crippen LogP contribution is 2.16. The minimum Gasteiger partial charge on any atom is -0.380 e. The molecule has 18 heavy (non-hydrogen) atoms. The highest BCUT2D eigenvalue weighted by atomic mass is 16.5. The van der Waals surface area contributed by atoms with Crippen LogP contribution in [0, 0.1) is 0 Å². The van der Waals surface area contributed by atoms with E-state index >= 15 is 0 Å². The van der Waals surface area contributed by atoms with Crippen LogP contribution in [0.5, 0.6) is 0 Å². The molecule has 0 saturated carbocycles. The maximum absolute atomic E-state index is 4.96. The second-order valence-corrected chi connectivity index (χ2v) is 4.03. The first-order valence-corrected chi connectivity index (χ1v) is 5.82. The zero-order valence-corrected chi connectivity index (χ0v) is 9.97. The first-order chi connectivity index (χ1) is 8.86. The summed E-state index contributed by atoms with van der Waals surface area (Å²) < 4.78 is 4.96. The van der Waals surface area contributed by atoms with Crippen LogP contribution in [0.1, 0.15) is 18.2 Å². The quantitative estimate of drug-likeness (QED) is 0.733. The Labute approximate surface area is 103 Å². The van der Waals surface area contributed by atoms with Crippen LogP contribution in [0.25, 0.3) is 11.0 Å². The van der Waals surface area contributed by atoms with Gasteiger partial charge in [0.1, 0.15) is 6.26 Å². The van der Waals surface area contributed by atoms with Crippen LogP contribution in [0.4, 0.5) is 5.69 Å². The lowest BCUT2D eigenvalue weighted by Gasteiger charge is -2.04. The zero-order valence-electron chi connectivity index (χ0n) is 9.97. The average Bonchev–Trinajstić information content (AvgIpc) is 3.04. The summed E-state index contributed by atoms with van der Waals surface area (Å²) in [7, 11) is 0. The first-order valence-electron chi connectivity index (χ1n) is 5.82. The number of aromatic amines is 1. The monoisotopic (exact) mass is 243 g/mol. The molecule has 3 aromatic rings. The Bertz CT molecular complexity index is 657. The molecule has 0 spiro atoms. The van der Waals surface area contributed by atoms with Gasteiger partial charge in [-0.3, -0.25) is 5.10 Å². The molecule has 0 unspecified atom stereocenters. The van der Waals surface area contributed by atoms with E-state index in [1.807, 2.05) is 6.07 Å². The van der Waals surface area contributed by atoms with Crippen molar-refractivity contribution in [1.29, 1.82) is 0 Å².